The number of carbonyl (C=O) groups is 3. The maximum Gasteiger partial charge on any atom is 0.473 e. The predicted octanol–water partition coefficient (Wildman–Crippen LogP) is 6.60. The molecule has 0 aliphatic rings. The second-order valence-corrected chi connectivity index (χ2v) is 14.1. The number of aryl methyl sites for hydroxylation is 2. The Balaban J connectivity index is 1.56. The van der Waals surface area contributed by atoms with Gasteiger partial charge in [-0.25, -0.2) is 9.59 Å². The van der Waals surface area contributed by atoms with Crippen LogP contribution >= 0.6 is 0 Å². The van der Waals surface area contributed by atoms with Crippen LogP contribution in [0.4, 0.5) is 22.8 Å². The van der Waals surface area contributed by atoms with E-state index in [4.69, 9.17) is 29.8 Å². The number of amides is 3. The topological polar surface area (TPSA) is 165 Å². The van der Waals surface area contributed by atoms with Crippen molar-refractivity contribution in [3.8, 4) is 11.5 Å². The van der Waals surface area contributed by atoms with E-state index >= 15 is 0 Å². The van der Waals surface area contributed by atoms with E-state index in [0.717, 1.165) is 9.80 Å². The van der Waals surface area contributed by atoms with E-state index in [9.17, 15) is 27.6 Å². The van der Waals surface area contributed by atoms with E-state index in [1.807, 2.05) is 0 Å². The number of rotatable bonds is 12. The first-order valence-corrected chi connectivity index (χ1v) is 17.0. The van der Waals surface area contributed by atoms with Crippen molar-refractivity contribution in [2.45, 2.75) is 84.9 Å². The van der Waals surface area contributed by atoms with Crippen LogP contribution in [0.5, 0.6) is 11.5 Å². The summed E-state index contributed by atoms with van der Waals surface area (Å²) in [5.41, 5.74) is -0.684. The van der Waals surface area contributed by atoms with Gasteiger partial charge in [0.15, 0.2) is 0 Å². The lowest BCUT2D eigenvalue weighted by Crippen LogP contribution is -2.38. The van der Waals surface area contributed by atoms with Crippen LogP contribution < -0.4 is 15.1 Å². The fourth-order valence-corrected chi connectivity index (χ4v) is 4.59. The van der Waals surface area contributed by atoms with Crippen LogP contribution in [-0.4, -0.2) is 93.4 Å². The molecule has 3 aromatic rings. The number of amidine groups is 2. The normalized spacial score (nSPS) is 11.7. The zero-order chi connectivity index (χ0) is 40.4. The summed E-state index contributed by atoms with van der Waals surface area (Å²) in [4.78, 5) is 42.0. The van der Waals surface area contributed by atoms with Gasteiger partial charge in [-0.3, -0.25) is 25.4 Å². The number of benzene rings is 2. The second kappa shape index (κ2) is 17.9. The fourth-order valence-electron chi connectivity index (χ4n) is 4.59. The molecule has 0 fully saturated rings. The summed E-state index contributed by atoms with van der Waals surface area (Å²) in [5, 5.41) is 16.6. The minimum Gasteiger partial charge on any atom is -0.494 e. The molecule has 0 spiro atoms. The maximum atomic E-state index is 13.2. The van der Waals surface area contributed by atoms with Crippen LogP contribution in [0.3, 0.4) is 0 Å². The van der Waals surface area contributed by atoms with Gasteiger partial charge in [0.05, 0.1) is 13.2 Å². The summed E-state index contributed by atoms with van der Waals surface area (Å²) in [5.74, 6) is -1.40. The quantitative estimate of drug-likeness (QED) is 0.119. The van der Waals surface area contributed by atoms with Gasteiger partial charge in [-0.2, -0.15) is 18.2 Å². The highest BCUT2D eigenvalue weighted by Crippen LogP contribution is 2.18. The van der Waals surface area contributed by atoms with E-state index in [1.165, 1.54) is 35.6 Å². The number of carbonyl (C=O) groups excluding carboxylic acids is 3. The Morgan fingerprint density at radius 2 is 1.02 bits per heavy atom. The van der Waals surface area contributed by atoms with Gasteiger partial charge in [-0.1, -0.05) is 0 Å². The molecular formula is C37H48F3N7O7. The molecule has 54 heavy (non-hydrogen) atoms. The number of nitrogens with zero attached hydrogens (tertiary/aromatic N) is 5. The number of aromatic nitrogens is 2. The SMILES string of the molecule is CN(C(=N)c1ccc(OCCCn2ccn(CCCOc3ccc(C(=N)N(C)C(=O)OC(C)(C)C)cc3)c2=NC(=O)C(F)(F)F)cc1)C(=O)OC(C)(C)C. The molecule has 0 radical (unpaired) electrons. The van der Waals surface area contributed by atoms with E-state index < -0.39 is 35.5 Å². The standard InChI is InChI=1S/C37H48F3N7O7/c1-35(2,3)53-33(49)44(7)29(41)25-11-15-27(16-12-25)51-23-9-19-46-21-22-47(32(46)43-31(48)37(38,39)40)20-10-24-52-28-17-13-26(14-18-28)30(42)45(8)34(50)54-36(4,5)6/h11-18,21-22,41-42H,9-10,19-20,23-24H2,1-8H3. The molecule has 2 N–H and O–H groups in total. The van der Waals surface area contributed by atoms with E-state index in [0.29, 0.717) is 35.5 Å². The van der Waals surface area contributed by atoms with Gasteiger partial charge in [0.1, 0.15) is 34.4 Å². The molecule has 0 saturated heterocycles. The molecule has 0 atom stereocenters. The van der Waals surface area contributed by atoms with Crippen molar-refractivity contribution in [1.29, 1.82) is 10.8 Å². The average molecular weight is 760 g/mol. The van der Waals surface area contributed by atoms with Crippen LogP contribution in [0.1, 0.15) is 65.5 Å². The van der Waals surface area contributed by atoms with Gasteiger partial charge in [0, 0.05) is 50.7 Å². The van der Waals surface area contributed by atoms with Gasteiger partial charge in [0.2, 0.25) is 5.62 Å². The van der Waals surface area contributed by atoms with E-state index in [-0.39, 0.29) is 43.6 Å². The Bertz CT molecular complexity index is 1740. The van der Waals surface area contributed by atoms with Crippen LogP contribution in [-0.2, 0) is 27.4 Å². The lowest BCUT2D eigenvalue weighted by atomic mass is 10.2. The summed E-state index contributed by atoms with van der Waals surface area (Å²) in [6.45, 7) is 11.1. The monoisotopic (exact) mass is 759 g/mol. The molecule has 14 nitrogen and oxygen atoms in total. The Morgan fingerprint density at radius 1 is 0.667 bits per heavy atom. The zero-order valence-electron chi connectivity index (χ0n) is 31.7. The minimum atomic E-state index is -5.15. The van der Waals surface area contributed by atoms with Crippen molar-refractivity contribution in [3.05, 3.63) is 77.7 Å². The second-order valence-electron chi connectivity index (χ2n) is 14.1. The fraction of sp³-hybridized carbons (Fsp3) is 0.459. The van der Waals surface area contributed by atoms with Gasteiger partial charge in [0.25, 0.3) is 0 Å². The summed E-state index contributed by atoms with van der Waals surface area (Å²) in [6.07, 6.45) is -2.68. The molecule has 1 aromatic heterocycles. The van der Waals surface area contributed by atoms with Gasteiger partial charge < -0.3 is 28.1 Å². The lowest BCUT2D eigenvalue weighted by Gasteiger charge is -2.25. The first-order chi connectivity index (χ1) is 25.1. The average Bonchev–Trinajstić information content (AvgIpc) is 3.46. The first-order valence-electron chi connectivity index (χ1n) is 17.0. The van der Waals surface area contributed by atoms with E-state index in [1.54, 1.807) is 90.1 Å². The van der Waals surface area contributed by atoms with Gasteiger partial charge in [-0.05, 0) is 103 Å². The zero-order valence-corrected chi connectivity index (χ0v) is 31.7. The molecule has 0 aliphatic heterocycles. The molecular weight excluding hydrogens is 711 g/mol. The number of hydrogen-bond acceptors (Lipinski definition) is 9. The minimum absolute atomic E-state index is 0.0641. The Labute approximate surface area is 312 Å². The van der Waals surface area contributed by atoms with Crippen LogP contribution in [0.15, 0.2) is 65.9 Å². The van der Waals surface area contributed by atoms with Crippen LogP contribution in [0, 0.1) is 10.8 Å². The number of ether oxygens (including phenoxy) is 4. The lowest BCUT2D eigenvalue weighted by molar-refractivity contribution is -0.169. The third-order valence-corrected chi connectivity index (χ3v) is 7.27. The number of alkyl halides is 3. The van der Waals surface area contributed by atoms with Crippen molar-refractivity contribution >= 4 is 29.8 Å². The molecule has 3 rings (SSSR count). The van der Waals surface area contributed by atoms with Crippen molar-refractivity contribution in [3.63, 3.8) is 0 Å². The molecule has 3 amide bonds. The van der Waals surface area contributed by atoms with Crippen LogP contribution in [0.25, 0.3) is 0 Å². The highest BCUT2D eigenvalue weighted by Gasteiger charge is 2.39. The summed E-state index contributed by atoms with van der Waals surface area (Å²) >= 11 is 0. The molecule has 1 heterocycles. The van der Waals surface area contributed by atoms with Gasteiger partial charge in [-0.15, -0.1) is 0 Å². The number of hydrogen-bond donors (Lipinski definition) is 2. The summed E-state index contributed by atoms with van der Waals surface area (Å²) in [7, 11) is 2.88. The Hall–Kier alpha value is -5.61. The van der Waals surface area contributed by atoms with Crippen LogP contribution in [0.2, 0.25) is 0 Å². The Kier molecular flexibility index (Phi) is 14.2. The Morgan fingerprint density at radius 3 is 1.33 bits per heavy atom. The number of halogens is 3. The summed E-state index contributed by atoms with van der Waals surface area (Å²) < 4.78 is 64.5. The molecule has 0 unspecified atom stereocenters. The molecule has 17 heteroatoms. The molecule has 0 saturated carbocycles. The smallest absolute Gasteiger partial charge is 0.473 e. The van der Waals surface area contributed by atoms with Crippen molar-refractivity contribution in [2.75, 3.05) is 27.3 Å². The molecule has 0 aliphatic carbocycles. The third-order valence-electron chi connectivity index (χ3n) is 7.27. The van der Waals surface area contributed by atoms with Crippen molar-refractivity contribution in [2.24, 2.45) is 4.99 Å². The largest absolute Gasteiger partial charge is 0.494 e. The highest BCUT2D eigenvalue weighted by atomic mass is 19.4. The van der Waals surface area contributed by atoms with Crippen molar-refractivity contribution in [1.82, 2.24) is 18.9 Å². The predicted molar refractivity (Wildman–Crippen MR) is 194 cm³/mol. The first kappa shape index (κ1) is 42.8. The summed E-state index contributed by atoms with van der Waals surface area (Å²) in [6, 6.07) is 13.0. The highest BCUT2D eigenvalue weighted by molar-refractivity contribution is 6.05. The third kappa shape index (κ3) is 13.1. The van der Waals surface area contributed by atoms with Gasteiger partial charge >= 0.3 is 24.3 Å². The maximum absolute atomic E-state index is 13.2. The molecule has 2 aromatic carbocycles. The molecule has 294 valence electrons. The number of imidazole rings is 1. The van der Waals surface area contributed by atoms with E-state index in [2.05, 4.69) is 4.99 Å². The molecule has 0 bridgehead atoms. The van der Waals surface area contributed by atoms with Crippen molar-refractivity contribution < 1.29 is 46.5 Å². The number of nitrogens with one attached hydrogen (secondary N) is 2.